The van der Waals surface area contributed by atoms with Crippen LogP contribution in [0.25, 0.3) is 0 Å². The molecule has 0 fully saturated rings. The van der Waals surface area contributed by atoms with E-state index in [0.717, 1.165) is 38.1 Å². The summed E-state index contributed by atoms with van der Waals surface area (Å²) in [5.41, 5.74) is 2.78. The van der Waals surface area contributed by atoms with E-state index in [4.69, 9.17) is 0 Å². The highest BCUT2D eigenvalue weighted by molar-refractivity contribution is 5.19. The van der Waals surface area contributed by atoms with Crippen molar-refractivity contribution in [2.24, 2.45) is 0 Å². The van der Waals surface area contributed by atoms with Gasteiger partial charge in [0.2, 0.25) is 0 Å². The zero-order chi connectivity index (χ0) is 12.3. The van der Waals surface area contributed by atoms with Gasteiger partial charge in [-0.1, -0.05) is 6.92 Å². The van der Waals surface area contributed by atoms with Crippen LogP contribution in [0.15, 0.2) is 0 Å². The van der Waals surface area contributed by atoms with Crippen molar-refractivity contribution >= 4 is 0 Å². The van der Waals surface area contributed by atoms with Gasteiger partial charge in [0.15, 0.2) is 0 Å². The summed E-state index contributed by atoms with van der Waals surface area (Å²) < 4.78 is 2.37. The van der Waals surface area contributed by atoms with Gasteiger partial charge in [-0.05, 0) is 51.9 Å². The number of hydrogen-bond acceptors (Lipinski definition) is 2. The first-order valence-corrected chi connectivity index (χ1v) is 6.95. The quantitative estimate of drug-likeness (QED) is 0.853. The molecule has 3 nitrogen and oxygen atoms in total. The van der Waals surface area contributed by atoms with Crippen LogP contribution in [-0.4, -0.2) is 20.8 Å². The molecule has 1 aliphatic rings. The minimum absolute atomic E-state index is 0.130. The first-order chi connectivity index (χ1) is 8.22. The average molecular weight is 236 g/mol. The van der Waals surface area contributed by atoms with E-state index in [9.17, 15) is 5.11 Å². The van der Waals surface area contributed by atoms with E-state index in [-0.39, 0.29) is 6.10 Å². The highest BCUT2D eigenvalue weighted by Crippen LogP contribution is 2.22. The molecule has 1 N–H and O–H groups in total. The summed E-state index contributed by atoms with van der Waals surface area (Å²) in [6, 6.07) is 0. The van der Waals surface area contributed by atoms with Gasteiger partial charge in [-0.2, -0.15) is 0 Å². The highest BCUT2D eigenvalue weighted by atomic mass is 16.3. The van der Waals surface area contributed by atoms with Crippen molar-refractivity contribution in [1.82, 2.24) is 9.55 Å². The Morgan fingerprint density at radius 3 is 2.88 bits per heavy atom. The molecular formula is C14H24N2O. The maximum Gasteiger partial charge on any atom is 0.106 e. The number of aromatic nitrogens is 2. The molecule has 0 saturated carbocycles. The largest absolute Gasteiger partial charge is 0.393 e. The third-order valence-corrected chi connectivity index (χ3v) is 3.81. The van der Waals surface area contributed by atoms with Crippen molar-refractivity contribution in [2.75, 3.05) is 0 Å². The maximum atomic E-state index is 9.57. The Labute approximate surface area is 104 Å². The van der Waals surface area contributed by atoms with Crippen molar-refractivity contribution in [3.8, 4) is 0 Å². The van der Waals surface area contributed by atoms with Crippen LogP contribution in [0, 0.1) is 6.92 Å². The first kappa shape index (κ1) is 12.6. The summed E-state index contributed by atoms with van der Waals surface area (Å²) in [6.07, 6.45) is 7.62. The summed E-state index contributed by atoms with van der Waals surface area (Å²) in [7, 11) is 0. The monoisotopic (exact) mass is 236 g/mol. The third kappa shape index (κ3) is 2.89. The number of rotatable bonds is 5. The molecule has 0 aliphatic heterocycles. The molecule has 1 aromatic rings. The standard InChI is InChI=1S/C14H24N2O/c1-3-12(17)7-6-10-16-11(2)15-13-8-4-5-9-14(13)16/h12,17H,3-10H2,1-2H3. The Bertz CT molecular complexity index is 371. The Balaban J connectivity index is 1.98. The number of fused-ring (bicyclic) bond motifs is 1. The lowest BCUT2D eigenvalue weighted by atomic mass is 10.0. The summed E-state index contributed by atoms with van der Waals surface area (Å²) in [6.45, 7) is 5.16. The fourth-order valence-electron chi connectivity index (χ4n) is 2.72. The van der Waals surface area contributed by atoms with Crippen LogP contribution in [0.5, 0.6) is 0 Å². The number of nitrogens with zero attached hydrogens (tertiary/aromatic N) is 2. The van der Waals surface area contributed by atoms with E-state index in [1.807, 2.05) is 6.92 Å². The number of aliphatic hydroxyl groups excluding tert-OH is 1. The fourth-order valence-corrected chi connectivity index (χ4v) is 2.72. The van der Waals surface area contributed by atoms with E-state index in [1.165, 1.54) is 30.7 Å². The molecule has 0 spiro atoms. The topological polar surface area (TPSA) is 38.0 Å². The Kier molecular flexibility index (Phi) is 4.21. The number of aliphatic hydroxyl groups is 1. The molecule has 0 saturated heterocycles. The molecule has 96 valence electrons. The van der Waals surface area contributed by atoms with Gasteiger partial charge in [-0.25, -0.2) is 4.98 Å². The van der Waals surface area contributed by atoms with Crippen molar-refractivity contribution in [2.45, 2.75) is 71.4 Å². The molecule has 0 amide bonds. The minimum Gasteiger partial charge on any atom is -0.393 e. The van der Waals surface area contributed by atoms with Gasteiger partial charge in [0.05, 0.1) is 11.8 Å². The first-order valence-electron chi connectivity index (χ1n) is 6.95. The zero-order valence-electron chi connectivity index (χ0n) is 11.1. The lowest BCUT2D eigenvalue weighted by molar-refractivity contribution is 0.155. The Morgan fingerprint density at radius 1 is 1.35 bits per heavy atom. The van der Waals surface area contributed by atoms with Crippen LogP contribution >= 0.6 is 0 Å². The molecular weight excluding hydrogens is 212 g/mol. The van der Waals surface area contributed by atoms with E-state index >= 15 is 0 Å². The Morgan fingerprint density at radius 2 is 2.12 bits per heavy atom. The van der Waals surface area contributed by atoms with Gasteiger partial charge >= 0.3 is 0 Å². The number of hydrogen-bond donors (Lipinski definition) is 1. The molecule has 2 rings (SSSR count). The van der Waals surface area contributed by atoms with Crippen molar-refractivity contribution in [3.05, 3.63) is 17.2 Å². The van der Waals surface area contributed by atoms with Crippen LogP contribution in [-0.2, 0) is 19.4 Å². The lowest BCUT2D eigenvalue weighted by Crippen LogP contribution is -2.12. The van der Waals surface area contributed by atoms with Crippen LogP contribution in [0.3, 0.4) is 0 Å². The smallest absolute Gasteiger partial charge is 0.106 e. The molecule has 1 atom stereocenters. The van der Waals surface area contributed by atoms with E-state index in [0.29, 0.717) is 0 Å². The molecule has 1 aliphatic carbocycles. The van der Waals surface area contributed by atoms with Gasteiger partial charge in [-0.15, -0.1) is 0 Å². The van der Waals surface area contributed by atoms with Crippen LogP contribution in [0.1, 0.15) is 56.2 Å². The second kappa shape index (κ2) is 5.67. The predicted molar refractivity (Wildman–Crippen MR) is 69.1 cm³/mol. The van der Waals surface area contributed by atoms with Gasteiger partial charge in [0.25, 0.3) is 0 Å². The summed E-state index contributed by atoms with van der Waals surface area (Å²) in [4.78, 5) is 4.67. The molecule has 0 aromatic carbocycles. The fraction of sp³-hybridized carbons (Fsp3) is 0.786. The summed E-state index contributed by atoms with van der Waals surface area (Å²) in [5.74, 6) is 1.16. The molecule has 1 heterocycles. The highest BCUT2D eigenvalue weighted by Gasteiger charge is 2.17. The lowest BCUT2D eigenvalue weighted by Gasteiger charge is -2.15. The summed E-state index contributed by atoms with van der Waals surface area (Å²) >= 11 is 0. The molecule has 1 aromatic heterocycles. The number of aryl methyl sites for hydroxylation is 2. The van der Waals surface area contributed by atoms with E-state index in [1.54, 1.807) is 0 Å². The second-order valence-electron chi connectivity index (χ2n) is 5.12. The average Bonchev–Trinajstić information content (AvgIpc) is 2.66. The van der Waals surface area contributed by atoms with E-state index in [2.05, 4.69) is 16.5 Å². The maximum absolute atomic E-state index is 9.57. The van der Waals surface area contributed by atoms with Gasteiger partial charge in [0.1, 0.15) is 5.82 Å². The van der Waals surface area contributed by atoms with Crippen LogP contribution in [0.4, 0.5) is 0 Å². The third-order valence-electron chi connectivity index (χ3n) is 3.81. The second-order valence-corrected chi connectivity index (χ2v) is 5.12. The number of imidazole rings is 1. The predicted octanol–water partition coefficient (Wildman–Crippen LogP) is 2.62. The Hall–Kier alpha value is -0.830. The van der Waals surface area contributed by atoms with Gasteiger partial charge in [-0.3, -0.25) is 0 Å². The molecule has 0 radical (unpaired) electrons. The van der Waals surface area contributed by atoms with Gasteiger partial charge < -0.3 is 9.67 Å². The zero-order valence-corrected chi connectivity index (χ0v) is 11.1. The summed E-state index contributed by atoms with van der Waals surface area (Å²) in [5, 5.41) is 9.57. The van der Waals surface area contributed by atoms with Crippen molar-refractivity contribution in [3.63, 3.8) is 0 Å². The minimum atomic E-state index is -0.130. The molecule has 3 heteroatoms. The van der Waals surface area contributed by atoms with Crippen molar-refractivity contribution < 1.29 is 5.11 Å². The molecule has 0 bridgehead atoms. The van der Waals surface area contributed by atoms with Gasteiger partial charge in [0, 0.05) is 12.2 Å². The van der Waals surface area contributed by atoms with Crippen LogP contribution < -0.4 is 0 Å². The van der Waals surface area contributed by atoms with Crippen LogP contribution in [0.2, 0.25) is 0 Å². The van der Waals surface area contributed by atoms with Crippen molar-refractivity contribution in [1.29, 1.82) is 0 Å². The molecule has 17 heavy (non-hydrogen) atoms. The SMILES string of the molecule is CCC(O)CCCn1c(C)nc2c1CCCC2. The normalized spacial score (nSPS) is 16.9. The van der Waals surface area contributed by atoms with E-state index < -0.39 is 0 Å². The molecule has 1 unspecified atom stereocenters.